The highest BCUT2D eigenvalue weighted by atomic mass is 35.5. The van der Waals surface area contributed by atoms with Gasteiger partial charge in [-0.25, -0.2) is 4.79 Å². The molecule has 1 amide bonds. The first-order valence-electron chi connectivity index (χ1n) is 8.27. The SMILES string of the molecule is CC(CC1Oc2ccc(-c3cccc(Cl)c3)cc2O1)N1CCOC1=O. The Kier molecular flexibility index (Phi) is 4.17. The lowest BCUT2D eigenvalue weighted by Gasteiger charge is -2.23. The largest absolute Gasteiger partial charge is 0.451 e. The van der Waals surface area contributed by atoms with Crippen LogP contribution in [-0.4, -0.2) is 36.5 Å². The molecule has 4 rings (SSSR count). The molecule has 0 spiro atoms. The maximum Gasteiger partial charge on any atom is 0.410 e. The van der Waals surface area contributed by atoms with Crippen molar-refractivity contribution in [1.82, 2.24) is 4.90 Å². The molecule has 2 atom stereocenters. The van der Waals surface area contributed by atoms with Gasteiger partial charge in [0, 0.05) is 17.5 Å². The van der Waals surface area contributed by atoms with Gasteiger partial charge in [-0.1, -0.05) is 29.8 Å². The van der Waals surface area contributed by atoms with Crippen molar-refractivity contribution in [3.05, 3.63) is 47.5 Å². The maximum atomic E-state index is 11.6. The smallest absolute Gasteiger partial charge is 0.410 e. The minimum absolute atomic E-state index is 0.0123. The van der Waals surface area contributed by atoms with E-state index >= 15 is 0 Å². The predicted octanol–water partition coefficient (Wildman–Crippen LogP) is 4.34. The quantitative estimate of drug-likeness (QED) is 0.815. The van der Waals surface area contributed by atoms with Gasteiger partial charge in [-0.15, -0.1) is 0 Å². The molecule has 1 saturated heterocycles. The number of fused-ring (bicyclic) bond motifs is 1. The Morgan fingerprint density at radius 3 is 2.72 bits per heavy atom. The third kappa shape index (κ3) is 3.24. The summed E-state index contributed by atoms with van der Waals surface area (Å²) in [7, 11) is 0. The van der Waals surface area contributed by atoms with Crippen LogP contribution < -0.4 is 9.47 Å². The lowest BCUT2D eigenvalue weighted by atomic mass is 10.1. The number of halogens is 1. The van der Waals surface area contributed by atoms with Gasteiger partial charge in [0.25, 0.3) is 0 Å². The first-order chi connectivity index (χ1) is 12.1. The summed E-state index contributed by atoms with van der Waals surface area (Å²) in [6, 6.07) is 13.5. The van der Waals surface area contributed by atoms with Gasteiger partial charge in [-0.05, 0) is 42.3 Å². The van der Waals surface area contributed by atoms with Crippen molar-refractivity contribution >= 4 is 17.7 Å². The van der Waals surface area contributed by atoms with Gasteiger partial charge < -0.3 is 19.1 Å². The van der Waals surface area contributed by atoms with E-state index < -0.39 is 6.29 Å². The third-order valence-corrected chi connectivity index (χ3v) is 4.71. The van der Waals surface area contributed by atoms with Gasteiger partial charge in [-0.3, -0.25) is 0 Å². The summed E-state index contributed by atoms with van der Waals surface area (Å²) in [5.74, 6) is 1.42. The van der Waals surface area contributed by atoms with Crippen molar-refractivity contribution < 1.29 is 19.0 Å². The fourth-order valence-electron chi connectivity index (χ4n) is 3.16. The van der Waals surface area contributed by atoms with Crippen molar-refractivity contribution in [2.24, 2.45) is 0 Å². The van der Waals surface area contributed by atoms with Crippen LogP contribution in [0.1, 0.15) is 13.3 Å². The minimum Gasteiger partial charge on any atom is -0.451 e. The standard InChI is InChI=1S/C19H18ClNO4/c1-12(21-7-8-23-19(21)22)9-18-24-16-6-5-14(11-17(16)25-18)13-3-2-4-15(20)10-13/h2-6,10-12,18H,7-9H2,1H3. The Labute approximate surface area is 151 Å². The zero-order valence-electron chi connectivity index (χ0n) is 13.8. The van der Waals surface area contributed by atoms with Crippen LogP contribution in [0.15, 0.2) is 42.5 Å². The van der Waals surface area contributed by atoms with Gasteiger partial charge in [-0.2, -0.15) is 0 Å². The van der Waals surface area contributed by atoms with E-state index in [0.29, 0.717) is 36.1 Å². The summed E-state index contributed by atoms with van der Waals surface area (Å²) >= 11 is 6.07. The molecule has 25 heavy (non-hydrogen) atoms. The summed E-state index contributed by atoms with van der Waals surface area (Å²) in [5, 5.41) is 0.694. The summed E-state index contributed by atoms with van der Waals surface area (Å²) in [5.41, 5.74) is 2.04. The number of carbonyl (C=O) groups excluding carboxylic acids is 1. The number of cyclic esters (lactones) is 1. The second-order valence-electron chi connectivity index (χ2n) is 6.23. The summed E-state index contributed by atoms with van der Waals surface area (Å²) in [6.45, 7) is 3.02. The second-order valence-corrected chi connectivity index (χ2v) is 6.67. The molecule has 2 aliphatic rings. The average Bonchev–Trinajstić information content (AvgIpc) is 3.19. The first-order valence-corrected chi connectivity index (χ1v) is 8.64. The molecule has 2 heterocycles. The molecule has 0 aromatic heterocycles. The van der Waals surface area contributed by atoms with Crippen molar-refractivity contribution in [3.63, 3.8) is 0 Å². The molecule has 6 heteroatoms. The normalized spacial score (nSPS) is 19.8. The molecule has 130 valence electrons. The van der Waals surface area contributed by atoms with Crippen LogP contribution in [0.4, 0.5) is 4.79 Å². The van der Waals surface area contributed by atoms with E-state index in [9.17, 15) is 4.79 Å². The van der Waals surface area contributed by atoms with Gasteiger partial charge in [0.15, 0.2) is 11.5 Å². The van der Waals surface area contributed by atoms with Gasteiger partial charge in [0.1, 0.15) is 6.61 Å². The highest BCUT2D eigenvalue weighted by molar-refractivity contribution is 6.30. The van der Waals surface area contributed by atoms with E-state index in [2.05, 4.69) is 0 Å². The van der Waals surface area contributed by atoms with Gasteiger partial charge in [0.2, 0.25) is 6.29 Å². The number of carbonyl (C=O) groups is 1. The molecule has 2 aromatic rings. The first kappa shape index (κ1) is 16.1. The number of benzene rings is 2. The lowest BCUT2D eigenvalue weighted by Crippen LogP contribution is -2.38. The summed E-state index contributed by atoms with van der Waals surface area (Å²) in [4.78, 5) is 13.3. The summed E-state index contributed by atoms with van der Waals surface area (Å²) in [6.07, 6.45) is -0.102. The topological polar surface area (TPSA) is 48.0 Å². The minimum atomic E-state index is -0.409. The van der Waals surface area contributed by atoms with Crippen molar-refractivity contribution in [2.45, 2.75) is 25.7 Å². The molecular weight excluding hydrogens is 342 g/mol. The number of amides is 1. The predicted molar refractivity (Wildman–Crippen MR) is 94.1 cm³/mol. The Morgan fingerprint density at radius 2 is 1.96 bits per heavy atom. The van der Waals surface area contributed by atoms with E-state index in [4.69, 9.17) is 25.8 Å². The van der Waals surface area contributed by atoms with E-state index in [-0.39, 0.29) is 12.1 Å². The molecular formula is C19H18ClNO4. The molecule has 2 aromatic carbocycles. The highest BCUT2D eigenvalue weighted by Crippen LogP contribution is 2.39. The Balaban J connectivity index is 1.46. The second kappa shape index (κ2) is 6.48. The Morgan fingerprint density at radius 1 is 1.16 bits per heavy atom. The van der Waals surface area contributed by atoms with Gasteiger partial charge >= 0.3 is 6.09 Å². The number of hydrogen-bond donors (Lipinski definition) is 0. The van der Waals surface area contributed by atoms with Crippen molar-refractivity contribution in [3.8, 4) is 22.6 Å². The fourth-order valence-corrected chi connectivity index (χ4v) is 3.35. The molecule has 2 aliphatic heterocycles. The van der Waals surface area contributed by atoms with Crippen LogP contribution in [0.5, 0.6) is 11.5 Å². The average molecular weight is 360 g/mol. The van der Waals surface area contributed by atoms with Crippen LogP contribution in [0.3, 0.4) is 0 Å². The van der Waals surface area contributed by atoms with Crippen molar-refractivity contribution in [1.29, 1.82) is 0 Å². The van der Waals surface area contributed by atoms with Crippen LogP contribution in [-0.2, 0) is 4.74 Å². The highest BCUT2D eigenvalue weighted by Gasteiger charge is 2.32. The molecule has 2 unspecified atom stereocenters. The molecule has 0 aliphatic carbocycles. The summed E-state index contributed by atoms with van der Waals surface area (Å²) < 4.78 is 16.8. The number of hydrogen-bond acceptors (Lipinski definition) is 4. The molecule has 0 N–H and O–H groups in total. The monoisotopic (exact) mass is 359 g/mol. The molecule has 1 fully saturated rings. The third-order valence-electron chi connectivity index (χ3n) is 4.48. The zero-order chi connectivity index (χ0) is 17.4. The fraction of sp³-hybridized carbons (Fsp3) is 0.316. The molecule has 0 bridgehead atoms. The van der Waals surface area contributed by atoms with E-state index in [1.54, 1.807) is 4.90 Å². The molecule has 0 saturated carbocycles. The number of nitrogens with zero attached hydrogens (tertiary/aromatic N) is 1. The lowest BCUT2D eigenvalue weighted by molar-refractivity contribution is 0.0233. The Hall–Kier alpha value is -2.40. The molecule has 0 radical (unpaired) electrons. The van der Waals surface area contributed by atoms with E-state index in [1.807, 2.05) is 49.4 Å². The van der Waals surface area contributed by atoms with E-state index in [0.717, 1.165) is 11.1 Å². The number of ether oxygens (including phenoxy) is 3. The van der Waals surface area contributed by atoms with E-state index in [1.165, 1.54) is 0 Å². The number of rotatable bonds is 4. The van der Waals surface area contributed by atoms with Crippen LogP contribution >= 0.6 is 11.6 Å². The van der Waals surface area contributed by atoms with Crippen molar-refractivity contribution in [2.75, 3.05) is 13.2 Å². The Bertz CT molecular complexity index is 810. The van der Waals surface area contributed by atoms with Gasteiger partial charge in [0.05, 0.1) is 6.54 Å². The van der Waals surface area contributed by atoms with Crippen LogP contribution in [0.25, 0.3) is 11.1 Å². The van der Waals surface area contributed by atoms with Crippen LogP contribution in [0, 0.1) is 0 Å². The zero-order valence-corrected chi connectivity index (χ0v) is 14.5. The molecule has 5 nitrogen and oxygen atoms in total. The van der Waals surface area contributed by atoms with Crippen LogP contribution in [0.2, 0.25) is 5.02 Å². The maximum absolute atomic E-state index is 11.6.